The Morgan fingerprint density at radius 3 is 2.34 bits per heavy atom. The summed E-state index contributed by atoms with van der Waals surface area (Å²) >= 11 is 6.00. The highest BCUT2D eigenvalue weighted by Gasteiger charge is 2.46. The monoisotopic (exact) mass is 500 g/mol. The molecule has 0 saturated carbocycles. The Labute approximate surface area is 211 Å². The number of aliphatic hydroxyl groups excluding tert-OH is 1. The van der Waals surface area contributed by atoms with Gasteiger partial charge in [0, 0.05) is 23.7 Å². The van der Waals surface area contributed by atoms with Crippen molar-refractivity contribution in [2.45, 2.75) is 33.2 Å². The lowest BCUT2D eigenvalue weighted by atomic mass is 9.95. The van der Waals surface area contributed by atoms with Crippen molar-refractivity contribution in [2.24, 2.45) is 0 Å². The number of ketones is 1. The number of Topliss-reactive ketones (excluding diaryl/α,β-unsaturated/α-hetero) is 1. The number of benzene rings is 2. The number of carbonyl (C=O) groups is 2. The molecule has 0 spiro atoms. The number of likely N-dealkylation sites (N-methyl/N-ethyl adjacent to an activating group) is 1. The lowest BCUT2D eigenvalue weighted by molar-refractivity contribution is -0.140. The van der Waals surface area contributed by atoms with E-state index in [1.54, 1.807) is 43.5 Å². The average molecular weight is 501 g/mol. The molecule has 2 aromatic carbocycles. The minimum Gasteiger partial charge on any atom is -0.507 e. The van der Waals surface area contributed by atoms with Crippen LogP contribution in [-0.4, -0.2) is 66.5 Å². The molecule has 1 amide bonds. The molecular weight excluding hydrogens is 468 g/mol. The molecule has 1 saturated heterocycles. The minimum absolute atomic E-state index is 0.0427. The van der Waals surface area contributed by atoms with E-state index in [1.165, 1.54) is 4.90 Å². The molecule has 1 atom stereocenters. The molecule has 35 heavy (non-hydrogen) atoms. The number of carbonyl (C=O) groups excluding carboxylic acids is 2. The normalized spacial score (nSPS) is 17.3. The highest BCUT2D eigenvalue weighted by molar-refractivity contribution is 6.46. The Morgan fingerprint density at radius 2 is 1.74 bits per heavy atom. The number of methoxy groups -OCH3 is 1. The second-order valence-corrected chi connectivity index (χ2v) is 8.72. The third kappa shape index (κ3) is 5.80. The van der Waals surface area contributed by atoms with Gasteiger partial charge in [0.1, 0.15) is 5.76 Å². The number of ether oxygens (including phenoxy) is 2. The van der Waals surface area contributed by atoms with Crippen molar-refractivity contribution < 1.29 is 24.2 Å². The minimum atomic E-state index is -0.768. The van der Waals surface area contributed by atoms with Gasteiger partial charge in [0.05, 0.1) is 25.3 Å². The lowest BCUT2D eigenvalue weighted by Gasteiger charge is -2.28. The average Bonchev–Trinajstić information content (AvgIpc) is 3.13. The van der Waals surface area contributed by atoms with E-state index in [1.807, 2.05) is 13.0 Å². The number of aliphatic hydroxyl groups is 1. The van der Waals surface area contributed by atoms with Gasteiger partial charge in [-0.2, -0.15) is 0 Å². The SMILES string of the molecule is CCCOc1ccc(C2/C(=C(/O)c3ccc(Cl)cc3)C(=O)C(=O)N2CCN(CC)CC)cc1OC. The van der Waals surface area contributed by atoms with E-state index in [-0.39, 0.29) is 11.3 Å². The predicted octanol–water partition coefficient (Wildman–Crippen LogP) is 4.90. The van der Waals surface area contributed by atoms with E-state index < -0.39 is 17.7 Å². The summed E-state index contributed by atoms with van der Waals surface area (Å²) in [6.07, 6.45) is 0.845. The largest absolute Gasteiger partial charge is 0.507 e. The summed E-state index contributed by atoms with van der Waals surface area (Å²) in [5, 5.41) is 11.7. The zero-order chi connectivity index (χ0) is 25.5. The van der Waals surface area contributed by atoms with Crippen LogP contribution in [-0.2, 0) is 9.59 Å². The zero-order valence-electron chi connectivity index (χ0n) is 20.7. The van der Waals surface area contributed by atoms with Crippen LogP contribution in [0.3, 0.4) is 0 Å². The van der Waals surface area contributed by atoms with Gasteiger partial charge < -0.3 is 24.4 Å². The number of likely N-dealkylation sites (tertiary alicyclic amines) is 1. The summed E-state index contributed by atoms with van der Waals surface area (Å²) in [7, 11) is 1.54. The molecule has 188 valence electrons. The molecule has 1 heterocycles. The number of hydrogen-bond acceptors (Lipinski definition) is 6. The summed E-state index contributed by atoms with van der Waals surface area (Å²) in [6.45, 7) is 9.25. The number of nitrogens with zero attached hydrogens (tertiary/aromatic N) is 2. The smallest absolute Gasteiger partial charge is 0.295 e. The zero-order valence-corrected chi connectivity index (χ0v) is 21.5. The van der Waals surface area contributed by atoms with E-state index >= 15 is 0 Å². The highest BCUT2D eigenvalue weighted by Crippen LogP contribution is 2.42. The van der Waals surface area contributed by atoms with Crippen molar-refractivity contribution in [3.63, 3.8) is 0 Å². The Bertz CT molecular complexity index is 1080. The first kappa shape index (κ1) is 26.6. The lowest BCUT2D eigenvalue weighted by Crippen LogP contribution is -2.38. The maximum atomic E-state index is 13.2. The molecule has 8 heteroatoms. The Morgan fingerprint density at radius 1 is 1.06 bits per heavy atom. The summed E-state index contributed by atoms with van der Waals surface area (Å²) in [4.78, 5) is 30.1. The van der Waals surface area contributed by atoms with Crippen molar-refractivity contribution >= 4 is 29.1 Å². The number of halogens is 1. The van der Waals surface area contributed by atoms with Gasteiger partial charge in [0.25, 0.3) is 11.7 Å². The van der Waals surface area contributed by atoms with Crippen molar-refractivity contribution in [1.29, 1.82) is 0 Å². The predicted molar refractivity (Wildman–Crippen MR) is 137 cm³/mol. The van der Waals surface area contributed by atoms with E-state index in [9.17, 15) is 14.7 Å². The van der Waals surface area contributed by atoms with Crippen LogP contribution in [0.15, 0.2) is 48.0 Å². The molecular formula is C27H33ClN2O5. The van der Waals surface area contributed by atoms with Gasteiger partial charge in [-0.05, 0) is 61.5 Å². The summed E-state index contributed by atoms with van der Waals surface area (Å²) < 4.78 is 11.3. The van der Waals surface area contributed by atoms with Gasteiger partial charge in [-0.15, -0.1) is 0 Å². The second kappa shape index (κ2) is 12.1. The topological polar surface area (TPSA) is 79.3 Å². The van der Waals surface area contributed by atoms with E-state index in [0.29, 0.717) is 47.3 Å². The molecule has 2 aromatic rings. The van der Waals surface area contributed by atoms with Crippen molar-refractivity contribution in [3.8, 4) is 11.5 Å². The van der Waals surface area contributed by atoms with Gasteiger partial charge in [0.2, 0.25) is 0 Å². The van der Waals surface area contributed by atoms with Crippen LogP contribution < -0.4 is 9.47 Å². The molecule has 0 bridgehead atoms. The number of hydrogen-bond donors (Lipinski definition) is 1. The second-order valence-electron chi connectivity index (χ2n) is 8.29. The molecule has 0 aliphatic carbocycles. The maximum absolute atomic E-state index is 13.2. The number of amides is 1. The molecule has 1 aliphatic rings. The molecule has 7 nitrogen and oxygen atoms in total. The Balaban J connectivity index is 2.12. The fourth-order valence-electron chi connectivity index (χ4n) is 4.19. The van der Waals surface area contributed by atoms with Gasteiger partial charge in [-0.1, -0.05) is 38.4 Å². The standard InChI is InChI=1S/C27H33ClN2O5/c1-5-16-35-21-13-10-19(17-22(21)34-4)24-23(25(31)18-8-11-20(28)12-9-18)26(32)27(33)30(24)15-14-29(6-2)7-3/h8-13,17,24,31H,5-7,14-16H2,1-4H3/b25-23-. The quantitative estimate of drug-likeness (QED) is 0.268. The van der Waals surface area contributed by atoms with Crippen LogP contribution in [0, 0.1) is 0 Å². The summed E-state index contributed by atoms with van der Waals surface area (Å²) in [5.41, 5.74) is 1.11. The Kier molecular flexibility index (Phi) is 9.18. The van der Waals surface area contributed by atoms with Crippen molar-refractivity contribution in [1.82, 2.24) is 9.80 Å². The fraction of sp³-hybridized carbons (Fsp3) is 0.407. The fourth-order valence-corrected chi connectivity index (χ4v) is 4.32. The molecule has 0 radical (unpaired) electrons. The Hall–Kier alpha value is -3.03. The summed E-state index contributed by atoms with van der Waals surface area (Å²) in [5.74, 6) is -0.511. The van der Waals surface area contributed by atoms with Gasteiger partial charge in [-0.25, -0.2) is 0 Å². The molecule has 0 aromatic heterocycles. The first-order valence-corrected chi connectivity index (χ1v) is 12.3. The molecule has 1 N–H and O–H groups in total. The van der Waals surface area contributed by atoms with Crippen LogP contribution in [0.1, 0.15) is 44.4 Å². The molecule has 3 rings (SSSR count). The third-order valence-electron chi connectivity index (χ3n) is 6.17. The first-order valence-electron chi connectivity index (χ1n) is 11.9. The van der Waals surface area contributed by atoms with E-state index in [0.717, 1.165) is 19.5 Å². The summed E-state index contributed by atoms with van der Waals surface area (Å²) in [6, 6.07) is 11.1. The van der Waals surface area contributed by atoms with Crippen molar-refractivity contribution in [3.05, 3.63) is 64.2 Å². The van der Waals surface area contributed by atoms with Crippen LogP contribution >= 0.6 is 11.6 Å². The van der Waals surface area contributed by atoms with Crippen LogP contribution in [0.25, 0.3) is 5.76 Å². The van der Waals surface area contributed by atoms with Crippen molar-refractivity contribution in [2.75, 3.05) is 39.9 Å². The molecule has 1 unspecified atom stereocenters. The first-order chi connectivity index (χ1) is 16.9. The van der Waals surface area contributed by atoms with Gasteiger partial charge >= 0.3 is 0 Å². The van der Waals surface area contributed by atoms with Crippen LogP contribution in [0.2, 0.25) is 5.02 Å². The van der Waals surface area contributed by atoms with Crippen LogP contribution in [0.5, 0.6) is 11.5 Å². The number of rotatable bonds is 11. The third-order valence-corrected chi connectivity index (χ3v) is 6.43. The van der Waals surface area contributed by atoms with Gasteiger partial charge in [0.15, 0.2) is 11.5 Å². The van der Waals surface area contributed by atoms with Crippen LogP contribution in [0.4, 0.5) is 0 Å². The molecule has 1 fully saturated rings. The van der Waals surface area contributed by atoms with E-state index in [2.05, 4.69) is 18.7 Å². The highest BCUT2D eigenvalue weighted by atomic mass is 35.5. The van der Waals surface area contributed by atoms with E-state index in [4.69, 9.17) is 21.1 Å². The molecule has 1 aliphatic heterocycles. The maximum Gasteiger partial charge on any atom is 0.295 e. The van der Waals surface area contributed by atoms with Gasteiger partial charge in [-0.3, -0.25) is 9.59 Å².